The molecule has 0 aliphatic heterocycles. The maximum absolute atomic E-state index is 8.83. The van der Waals surface area contributed by atoms with Crippen LogP contribution >= 0.6 is 11.6 Å². The molecule has 0 atom stereocenters. The van der Waals surface area contributed by atoms with E-state index in [9.17, 15) is 0 Å². The Morgan fingerprint density at radius 1 is 1.45 bits per heavy atom. The quantitative estimate of drug-likeness (QED) is 0.766. The van der Waals surface area contributed by atoms with Crippen molar-refractivity contribution >= 4 is 23.1 Å². The van der Waals surface area contributed by atoms with Crippen LogP contribution in [0.15, 0.2) is 24.4 Å². The Morgan fingerprint density at radius 3 is 2.90 bits per heavy atom. The van der Waals surface area contributed by atoms with Gasteiger partial charge in [0, 0.05) is 19.3 Å². The van der Waals surface area contributed by atoms with Gasteiger partial charge in [0.2, 0.25) is 0 Å². The Morgan fingerprint density at radius 2 is 2.25 bits per heavy atom. The highest BCUT2D eigenvalue weighted by Gasteiger charge is 2.18. The summed E-state index contributed by atoms with van der Waals surface area (Å²) in [6.45, 7) is 5.88. The number of nitrogens with zero attached hydrogens (tertiary/aromatic N) is 4. The summed E-state index contributed by atoms with van der Waals surface area (Å²) >= 11 is 6.11. The Bertz CT molecular complexity index is 612. The molecule has 2 rings (SSSR count). The fourth-order valence-corrected chi connectivity index (χ4v) is 2.57. The van der Waals surface area contributed by atoms with Gasteiger partial charge in [-0.1, -0.05) is 19.9 Å². The molecule has 2 aromatic heterocycles. The molecule has 0 aliphatic rings. The molecule has 106 valence electrons. The predicted octanol–water partition coefficient (Wildman–Crippen LogP) is 3.45. The average molecular weight is 291 g/mol. The molecule has 0 saturated carbocycles. The molecule has 0 aromatic carbocycles. The molecule has 2 heterocycles. The van der Waals surface area contributed by atoms with Gasteiger partial charge < -0.3 is 9.30 Å². The number of alkyl halides is 1. The first-order chi connectivity index (χ1) is 9.67. The maximum atomic E-state index is 8.83. The molecule has 0 N–H and O–H groups in total. The minimum absolute atomic E-state index is 0.404. The van der Waals surface area contributed by atoms with Crippen LogP contribution in [-0.2, 0) is 5.88 Å². The number of hydrogen-bond donors (Lipinski definition) is 0. The fraction of sp³-hybridized carbons (Fsp3) is 0.467. The van der Waals surface area contributed by atoms with Gasteiger partial charge in [-0.15, -0.1) is 11.6 Å². The second-order valence-corrected chi connectivity index (χ2v) is 5.46. The molecule has 0 saturated heterocycles. The highest BCUT2D eigenvalue weighted by Crippen LogP contribution is 2.24. The second-order valence-electron chi connectivity index (χ2n) is 5.19. The molecular formula is C15H19ClN4. The van der Waals surface area contributed by atoms with Crippen molar-refractivity contribution in [2.24, 2.45) is 5.92 Å². The van der Waals surface area contributed by atoms with Crippen molar-refractivity contribution in [3.8, 4) is 6.07 Å². The van der Waals surface area contributed by atoms with Crippen molar-refractivity contribution in [1.82, 2.24) is 9.38 Å². The number of imidazole rings is 1. The van der Waals surface area contributed by atoms with E-state index in [1.54, 1.807) is 0 Å². The zero-order chi connectivity index (χ0) is 14.5. The third-order valence-corrected chi connectivity index (χ3v) is 3.37. The molecule has 20 heavy (non-hydrogen) atoms. The number of aromatic nitrogens is 2. The van der Waals surface area contributed by atoms with Crippen LogP contribution in [0.25, 0.3) is 5.65 Å². The third kappa shape index (κ3) is 3.05. The Hall–Kier alpha value is -1.73. The van der Waals surface area contributed by atoms with Crippen LogP contribution in [0.4, 0.5) is 5.82 Å². The van der Waals surface area contributed by atoms with E-state index in [4.69, 9.17) is 16.9 Å². The SMILES string of the molecule is CC(C)CN(CCC#N)c1nc2ccccn2c1CCl. The molecule has 0 fully saturated rings. The van der Waals surface area contributed by atoms with Gasteiger partial charge in [-0.2, -0.15) is 5.26 Å². The standard InChI is InChI=1S/C15H19ClN4/c1-12(2)11-19(8-5-7-17)15-13(10-16)20-9-4-3-6-14(20)18-15/h3-4,6,9,12H,5,8,10-11H2,1-2H3. The van der Waals surface area contributed by atoms with E-state index < -0.39 is 0 Å². The maximum Gasteiger partial charge on any atom is 0.152 e. The minimum atomic E-state index is 0.404. The number of anilines is 1. The zero-order valence-corrected chi connectivity index (χ0v) is 12.6. The predicted molar refractivity (Wildman–Crippen MR) is 82.0 cm³/mol. The van der Waals surface area contributed by atoms with Gasteiger partial charge in [0.25, 0.3) is 0 Å². The topological polar surface area (TPSA) is 44.3 Å². The monoisotopic (exact) mass is 290 g/mol. The molecule has 0 spiro atoms. The first-order valence-electron chi connectivity index (χ1n) is 6.81. The highest BCUT2D eigenvalue weighted by atomic mass is 35.5. The number of fused-ring (bicyclic) bond motifs is 1. The van der Waals surface area contributed by atoms with Crippen molar-refractivity contribution in [2.75, 3.05) is 18.0 Å². The van der Waals surface area contributed by atoms with Gasteiger partial charge in [-0.25, -0.2) is 4.98 Å². The van der Waals surface area contributed by atoms with Gasteiger partial charge in [0.1, 0.15) is 5.65 Å². The summed E-state index contributed by atoms with van der Waals surface area (Å²) in [5.41, 5.74) is 1.88. The molecule has 4 nitrogen and oxygen atoms in total. The van der Waals surface area contributed by atoms with Crippen LogP contribution in [0.2, 0.25) is 0 Å². The minimum Gasteiger partial charge on any atom is -0.354 e. The van der Waals surface area contributed by atoms with Crippen molar-refractivity contribution in [1.29, 1.82) is 5.26 Å². The summed E-state index contributed by atoms with van der Waals surface area (Å²) in [7, 11) is 0. The molecule has 0 unspecified atom stereocenters. The van der Waals surface area contributed by atoms with Gasteiger partial charge in [0.15, 0.2) is 5.82 Å². The number of hydrogen-bond acceptors (Lipinski definition) is 3. The zero-order valence-electron chi connectivity index (χ0n) is 11.9. The summed E-state index contributed by atoms with van der Waals surface area (Å²) in [4.78, 5) is 6.85. The van der Waals surface area contributed by atoms with Crippen LogP contribution in [-0.4, -0.2) is 22.5 Å². The average Bonchev–Trinajstić information content (AvgIpc) is 2.81. The number of rotatable bonds is 6. The van der Waals surface area contributed by atoms with Gasteiger partial charge in [-0.05, 0) is 18.1 Å². The third-order valence-electron chi connectivity index (χ3n) is 3.11. The lowest BCUT2D eigenvalue weighted by molar-refractivity contribution is 0.607. The van der Waals surface area contributed by atoms with Crippen LogP contribution in [0, 0.1) is 17.2 Å². The summed E-state index contributed by atoms with van der Waals surface area (Å²) in [6, 6.07) is 8.11. The van der Waals surface area contributed by atoms with Gasteiger partial charge >= 0.3 is 0 Å². The van der Waals surface area contributed by atoms with Crippen molar-refractivity contribution in [2.45, 2.75) is 26.1 Å². The van der Waals surface area contributed by atoms with Gasteiger partial charge in [0.05, 0.1) is 24.1 Å². The molecule has 0 amide bonds. The van der Waals surface area contributed by atoms with Gasteiger partial charge in [-0.3, -0.25) is 0 Å². The van der Waals surface area contributed by atoms with Crippen LogP contribution in [0.1, 0.15) is 26.0 Å². The molecule has 0 aliphatic carbocycles. The number of pyridine rings is 1. The van der Waals surface area contributed by atoms with E-state index in [1.807, 2.05) is 28.8 Å². The van der Waals surface area contributed by atoms with Crippen LogP contribution in [0.3, 0.4) is 0 Å². The van der Waals surface area contributed by atoms with Crippen molar-refractivity contribution in [3.05, 3.63) is 30.1 Å². The van der Waals surface area contributed by atoms with Crippen LogP contribution < -0.4 is 4.90 Å². The van der Waals surface area contributed by atoms with Crippen LogP contribution in [0.5, 0.6) is 0 Å². The summed E-state index contributed by atoms with van der Waals surface area (Å²) < 4.78 is 2.02. The fourth-order valence-electron chi connectivity index (χ4n) is 2.32. The number of halogens is 1. The van der Waals surface area contributed by atoms with E-state index in [2.05, 4.69) is 29.8 Å². The van der Waals surface area contributed by atoms with E-state index in [0.717, 1.165) is 23.7 Å². The summed E-state index contributed by atoms with van der Waals surface area (Å²) in [5.74, 6) is 1.80. The number of nitriles is 1. The normalized spacial score (nSPS) is 10.9. The summed E-state index contributed by atoms with van der Waals surface area (Å²) in [6.07, 6.45) is 2.46. The highest BCUT2D eigenvalue weighted by molar-refractivity contribution is 6.17. The van der Waals surface area contributed by atoms with E-state index >= 15 is 0 Å². The Kier molecular flexibility index (Phi) is 4.86. The smallest absolute Gasteiger partial charge is 0.152 e. The molecule has 0 bridgehead atoms. The molecule has 0 radical (unpaired) electrons. The Balaban J connectivity index is 2.43. The Labute approximate surface area is 124 Å². The van der Waals surface area contributed by atoms with E-state index in [0.29, 0.717) is 24.8 Å². The molecule has 5 heteroatoms. The second kappa shape index (κ2) is 6.62. The van der Waals surface area contributed by atoms with E-state index in [-0.39, 0.29) is 0 Å². The lowest BCUT2D eigenvalue weighted by Crippen LogP contribution is -2.29. The molecule has 2 aromatic rings. The molecular weight excluding hydrogens is 272 g/mol. The summed E-state index contributed by atoms with van der Waals surface area (Å²) in [5, 5.41) is 8.83. The van der Waals surface area contributed by atoms with Crippen molar-refractivity contribution < 1.29 is 0 Å². The lowest BCUT2D eigenvalue weighted by Gasteiger charge is -2.24. The largest absolute Gasteiger partial charge is 0.354 e. The van der Waals surface area contributed by atoms with Crippen molar-refractivity contribution in [3.63, 3.8) is 0 Å². The van der Waals surface area contributed by atoms with E-state index in [1.165, 1.54) is 0 Å². The first-order valence-corrected chi connectivity index (χ1v) is 7.34. The first kappa shape index (κ1) is 14.7. The lowest BCUT2D eigenvalue weighted by atomic mass is 10.2.